The molecule has 2 aromatic heterocycles. The topological polar surface area (TPSA) is 99.3 Å². The zero-order chi connectivity index (χ0) is 18.7. The molecular formula is C17H25N7O2. The van der Waals surface area contributed by atoms with E-state index in [9.17, 15) is 4.79 Å². The van der Waals surface area contributed by atoms with Gasteiger partial charge < -0.3 is 24.8 Å². The Morgan fingerprint density at radius 2 is 2.23 bits per heavy atom. The standard InChI is InChI=1S/C17H25N7O2/c1-11-18-8-14(22-11)17(25)19-7-12-5-13(26-4)9-24(12)16-6-15(23(2)3)20-10-21-16/h6,8,10,12-13H,5,7,9H2,1-4H3,(H,18,22)(H,19,25)/t12-,13-/m1/s1. The molecule has 9 nitrogen and oxygen atoms in total. The molecule has 0 bridgehead atoms. The predicted octanol–water partition coefficient (Wildman–Crippen LogP) is 0.598. The Hall–Kier alpha value is -2.68. The molecule has 0 aromatic carbocycles. The maximum absolute atomic E-state index is 12.3. The number of hydrogen-bond acceptors (Lipinski definition) is 7. The number of aryl methyl sites for hydroxylation is 1. The van der Waals surface area contributed by atoms with Crippen molar-refractivity contribution in [1.29, 1.82) is 0 Å². The van der Waals surface area contributed by atoms with Crippen molar-refractivity contribution in [3.05, 3.63) is 30.1 Å². The predicted molar refractivity (Wildman–Crippen MR) is 98.6 cm³/mol. The fraction of sp³-hybridized carbons (Fsp3) is 0.529. The fourth-order valence-electron chi connectivity index (χ4n) is 3.10. The average Bonchev–Trinajstić information content (AvgIpc) is 3.26. The van der Waals surface area contributed by atoms with E-state index in [0.29, 0.717) is 18.1 Å². The Morgan fingerprint density at radius 1 is 1.42 bits per heavy atom. The molecule has 1 amide bonds. The monoisotopic (exact) mass is 359 g/mol. The number of nitrogens with zero attached hydrogens (tertiary/aromatic N) is 5. The Kier molecular flexibility index (Phi) is 5.36. The smallest absolute Gasteiger partial charge is 0.269 e. The van der Waals surface area contributed by atoms with E-state index in [1.165, 1.54) is 0 Å². The average molecular weight is 359 g/mol. The van der Waals surface area contributed by atoms with Crippen molar-refractivity contribution in [3.8, 4) is 0 Å². The normalized spacial score (nSPS) is 19.6. The van der Waals surface area contributed by atoms with Crippen LogP contribution in [0, 0.1) is 6.92 Å². The van der Waals surface area contributed by atoms with E-state index in [0.717, 1.165) is 24.6 Å². The molecule has 0 saturated carbocycles. The fourth-order valence-corrected chi connectivity index (χ4v) is 3.10. The van der Waals surface area contributed by atoms with Gasteiger partial charge in [0.05, 0.1) is 18.3 Å². The van der Waals surface area contributed by atoms with E-state index in [4.69, 9.17) is 4.74 Å². The Morgan fingerprint density at radius 3 is 2.88 bits per heavy atom. The van der Waals surface area contributed by atoms with Crippen LogP contribution in [0.4, 0.5) is 11.6 Å². The third-order valence-electron chi connectivity index (χ3n) is 4.55. The van der Waals surface area contributed by atoms with Crippen LogP contribution in [-0.2, 0) is 4.74 Å². The summed E-state index contributed by atoms with van der Waals surface area (Å²) in [5.41, 5.74) is 0.465. The minimum absolute atomic E-state index is 0.0952. The second-order valence-corrected chi connectivity index (χ2v) is 6.62. The van der Waals surface area contributed by atoms with Gasteiger partial charge in [-0.2, -0.15) is 0 Å². The van der Waals surface area contributed by atoms with E-state index in [1.807, 2.05) is 32.0 Å². The quantitative estimate of drug-likeness (QED) is 0.779. The van der Waals surface area contributed by atoms with Crippen molar-refractivity contribution in [2.24, 2.45) is 0 Å². The maximum Gasteiger partial charge on any atom is 0.269 e. The highest BCUT2D eigenvalue weighted by Crippen LogP contribution is 2.26. The lowest BCUT2D eigenvalue weighted by Crippen LogP contribution is -2.40. The van der Waals surface area contributed by atoms with Crippen LogP contribution in [0.25, 0.3) is 0 Å². The van der Waals surface area contributed by atoms with Crippen LogP contribution < -0.4 is 15.1 Å². The minimum atomic E-state index is -0.164. The SMILES string of the molecule is CO[C@@H]1C[C@H](CNC(=O)c2cnc(C)[nH]2)N(c2cc(N(C)C)ncn2)C1. The number of ether oxygens (including phenoxy) is 1. The van der Waals surface area contributed by atoms with Gasteiger partial charge in [0.2, 0.25) is 0 Å². The molecule has 0 spiro atoms. The zero-order valence-electron chi connectivity index (χ0n) is 15.6. The lowest BCUT2D eigenvalue weighted by molar-refractivity contribution is 0.0942. The Labute approximate surface area is 152 Å². The van der Waals surface area contributed by atoms with E-state index in [-0.39, 0.29) is 18.1 Å². The van der Waals surface area contributed by atoms with E-state index in [2.05, 4.69) is 30.2 Å². The minimum Gasteiger partial charge on any atom is -0.380 e. The molecule has 1 aliphatic rings. The summed E-state index contributed by atoms with van der Waals surface area (Å²) < 4.78 is 5.54. The summed E-state index contributed by atoms with van der Waals surface area (Å²) in [7, 11) is 5.60. The largest absolute Gasteiger partial charge is 0.380 e. The van der Waals surface area contributed by atoms with E-state index in [1.54, 1.807) is 19.6 Å². The molecule has 3 rings (SSSR count). The highest BCUT2D eigenvalue weighted by atomic mass is 16.5. The molecule has 1 saturated heterocycles. The van der Waals surface area contributed by atoms with Gasteiger partial charge in [0.1, 0.15) is 29.5 Å². The van der Waals surface area contributed by atoms with E-state index >= 15 is 0 Å². The van der Waals surface area contributed by atoms with Gasteiger partial charge in [-0.05, 0) is 13.3 Å². The van der Waals surface area contributed by atoms with E-state index < -0.39 is 0 Å². The van der Waals surface area contributed by atoms with Crippen LogP contribution in [0.1, 0.15) is 22.7 Å². The molecule has 2 aromatic rings. The first-order valence-corrected chi connectivity index (χ1v) is 8.56. The van der Waals surface area contributed by atoms with Crippen molar-refractivity contribution in [1.82, 2.24) is 25.3 Å². The summed E-state index contributed by atoms with van der Waals surface area (Å²) in [5, 5.41) is 2.97. The summed E-state index contributed by atoms with van der Waals surface area (Å²) in [5.74, 6) is 2.23. The number of nitrogens with one attached hydrogen (secondary N) is 2. The number of aromatic amines is 1. The van der Waals surface area contributed by atoms with Gasteiger partial charge in [-0.3, -0.25) is 4.79 Å². The zero-order valence-corrected chi connectivity index (χ0v) is 15.6. The number of methoxy groups -OCH3 is 1. The lowest BCUT2D eigenvalue weighted by atomic mass is 10.2. The number of rotatable bonds is 6. The van der Waals surface area contributed by atoms with Crippen molar-refractivity contribution in [2.45, 2.75) is 25.5 Å². The molecule has 1 aliphatic heterocycles. The molecule has 2 N–H and O–H groups in total. The van der Waals surface area contributed by atoms with Crippen LogP contribution in [0.15, 0.2) is 18.6 Å². The first-order chi connectivity index (χ1) is 12.5. The number of imidazole rings is 1. The Bertz CT molecular complexity index is 761. The van der Waals surface area contributed by atoms with Crippen molar-refractivity contribution in [2.75, 3.05) is 44.1 Å². The van der Waals surface area contributed by atoms with Gasteiger partial charge in [-0.25, -0.2) is 15.0 Å². The van der Waals surface area contributed by atoms with Crippen molar-refractivity contribution >= 4 is 17.5 Å². The number of hydrogen-bond donors (Lipinski definition) is 2. The third-order valence-corrected chi connectivity index (χ3v) is 4.55. The highest BCUT2D eigenvalue weighted by molar-refractivity contribution is 5.92. The lowest BCUT2D eigenvalue weighted by Gasteiger charge is -2.26. The highest BCUT2D eigenvalue weighted by Gasteiger charge is 2.33. The van der Waals surface area contributed by atoms with Crippen LogP contribution >= 0.6 is 0 Å². The van der Waals surface area contributed by atoms with Crippen LogP contribution in [0.3, 0.4) is 0 Å². The van der Waals surface area contributed by atoms with Gasteiger partial charge >= 0.3 is 0 Å². The number of anilines is 2. The first-order valence-electron chi connectivity index (χ1n) is 8.56. The molecule has 0 aliphatic carbocycles. The number of carbonyl (C=O) groups is 1. The molecule has 140 valence electrons. The van der Waals surface area contributed by atoms with Crippen LogP contribution in [-0.4, -0.2) is 72.3 Å². The summed E-state index contributed by atoms with van der Waals surface area (Å²) in [6.45, 7) is 3.04. The molecule has 9 heteroatoms. The van der Waals surface area contributed by atoms with Crippen molar-refractivity contribution in [3.63, 3.8) is 0 Å². The van der Waals surface area contributed by atoms with Crippen LogP contribution in [0.2, 0.25) is 0 Å². The summed E-state index contributed by atoms with van der Waals surface area (Å²) in [6, 6.07) is 2.04. The van der Waals surface area contributed by atoms with Gasteiger partial charge in [0.15, 0.2) is 0 Å². The number of H-pyrrole nitrogens is 1. The molecular weight excluding hydrogens is 334 g/mol. The summed E-state index contributed by atoms with van der Waals surface area (Å²) in [6.07, 6.45) is 4.03. The summed E-state index contributed by atoms with van der Waals surface area (Å²) in [4.78, 5) is 32.1. The first kappa shape index (κ1) is 18.1. The van der Waals surface area contributed by atoms with Crippen LogP contribution in [0.5, 0.6) is 0 Å². The second kappa shape index (κ2) is 7.69. The molecule has 0 unspecified atom stereocenters. The maximum atomic E-state index is 12.3. The molecule has 1 fully saturated rings. The molecule has 3 heterocycles. The van der Waals surface area contributed by atoms with Gasteiger partial charge in [-0.15, -0.1) is 0 Å². The van der Waals surface area contributed by atoms with Gasteiger partial charge in [-0.1, -0.05) is 0 Å². The van der Waals surface area contributed by atoms with Gasteiger partial charge in [0, 0.05) is 40.4 Å². The summed E-state index contributed by atoms with van der Waals surface area (Å²) >= 11 is 0. The third kappa shape index (κ3) is 3.93. The number of aromatic nitrogens is 4. The second-order valence-electron chi connectivity index (χ2n) is 6.62. The molecule has 2 atom stereocenters. The van der Waals surface area contributed by atoms with Crippen molar-refractivity contribution < 1.29 is 9.53 Å². The van der Waals surface area contributed by atoms with Gasteiger partial charge in [0.25, 0.3) is 5.91 Å². The molecule has 26 heavy (non-hydrogen) atoms. The Balaban J connectivity index is 1.71. The number of amides is 1. The molecule has 0 radical (unpaired) electrons. The number of carbonyl (C=O) groups excluding carboxylic acids is 1.